The fourth-order valence-corrected chi connectivity index (χ4v) is 3.23. The Balaban J connectivity index is 0.00000200. The van der Waals surface area contributed by atoms with E-state index in [4.69, 9.17) is 0 Å². The molecule has 0 radical (unpaired) electrons. The summed E-state index contributed by atoms with van der Waals surface area (Å²) < 4.78 is 0. The zero-order valence-electron chi connectivity index (χ0n) is 13.2. The van der Waals surface area contributed by atoms with Gasteiger partial charge in [-0.1, -0.05) is 57.5 Å². The Hall–Kier alpha value is -0.530. The van der Waals surface area contributed by atoms with Crippen molar-refractivity contribution in [3.8, 4) is 0 Å². The Labute approximate surface area is 131 Å². The maximum absolute atomic E-state index is 3.73. The fourth-order valence-electron chi connectivity index (χ4n) is 3.23. The van der Waals surface area contributed by atoms with Crippen LogP contribution in [-0.2, 0) is 6.54 Å². The molecule has 0 heterocycles. The molecular formula is C18H30ClN. The molecular weight excluding hydrogens is 266 g/mol. The van der Waals surface area contributed by atoms with Gasteiger partial charge in [0.05, 0.1) is 0 Å². The van der Waals surface area contributed by atoms with E-state index >= 15 is 0 Å². The Morgan fingerprint density at radius 2 is 1.65 bits per heavy atom. The number of nitrogens with one attached hydrogen (secondary N) is 1. The van der Waals surface area contributed by atoms with Crippen molar-refractivity contribution in [3.05, 3.63) is 35.9 Å². The molecule has 0 amide bonds. The summed E-state index contributed by atoms with van der Waals surface area (Å²) >= 11 is 0. The van der Waals surface area contributed by atoms with Gasteiger partial charge in [-0.25, -0.2) is 0 Å². The topological polar surface area (TPSA) is 12.0 Å². The van der Waals surface area contributed by atoms with Crippen LogP contribution in [0.15, 0.2) is 30.3 Å². The molecule has 1 aliphatic rings. The van der Waals surface area contributed by atoms with Crippen LogP contribution in [0.1, 0.15) is 58.4 Å². The van der Waals surface area contributed by atoms with Gasteiger partial charge in [-0.05, 0) is 42.6 Å². The van der Waals surface area contributed by atoms with E-state index in [2.05, 4.69) is 56.4 Å². The minimum atomic E-state index is 0. The molecule has 2 heteroatoms. The van der Waals surface area contributed by atoms with Crippen molar-refractivity contribution in [2.45, 2.75) is 65.5 Å². The van der Waals surface area contributed by atoms with E-state index in [0.717, 1.165) is 18.5 Å². The van der Waals surface area contributed by atoms with Crippen molar-refractivity contribution in [1.29, 1.82) is 0 Å². The van der Waals surface area contributed by atoms with Crippen LogP contribution in [0.5, 0.6) is 0 Å². The molecule has 1 nitrogen and oxygen atoms in total. The van der Waals surface area contributed by atoms with Crippen molar-refractivity contribution in [2.24, 2.45) is 11.3 Å². The van der Waals surface area contributed by atoms with Gasteiger partial charge in [0.15, 0.2) is 0 Å². The Kier molecular flexibility index (Phi) is 7.05. The van der Waals surface area contributed by atoms with Crippen molar-refractivity contribution in [3.63, 3.8) is 0 Å². The summed E-state index contributed by atoms with van der Waals surface area (Å²) in [5.41, 5.74) is 1.93. The van der Waals surface area contributed by atoms with Gasteiger partial charge in [-0.2, -0.15) is 0 Å². The van der Waals surface area contributed by atoms with E-state index < -0.39 is 0 Å². The van der Waals surface area contributed by atoms with E-state index in [0.29, 0.717) is 5.41 Å². The largest absolute Gasteiger partial charge is 0.310 e. The van der Waals surface area contributed by atoms with Gasteiger partial charge in [0, 0.05) is 12.6 Å². The summed E-state index contributed by atoms with van der Waals surface area (Å²) in [6, 6.07) is 11.5. The Bertz CT molecular complexity index is 366. The third-order valence-electron chi connectivity index (χ3n) is 5.18. The first kappa shape index (κ1) is 17.5. The zero-order chi connectivity index (χ0) is 13.7. The van der Waals surface area contributed by atoms with Crippen LogP contribution in [0.4, 0.5) is 0 Å². The second-order valence-electron chi connectivity index (χ2n) is 6.76. The quantitative estimate of drug-likeness (QED) is 0.788. The lowest BCUT2D eigenvalue weighted by Crippen LogP contribution is -2.36. The molecule has 0 bridgehead atoms. The standard InChI is InChI=1S/C18H29N.ClH/c1-4-18(2,3)16-10-12-17(13-11-16)19-14-15-8-6-5-7-9-15;/h5-9,16-17,19H,4,10-14H2,1-3H3;1H/t16-,17-;. The molecule has 20 heavy (non-hydrogen) atoms. The van der Waals surface area contributed by atoms with Crippen molar-refractivity contribution < 1.29 is 0 Å². The molecule has 114 valence electrons. The first-order valence-electron chi connectivity index (χ1n) is 7.89. The molecule has 0 saturated heterocycles. The minimum Gasteiger partial charge on any atom is -0.310 e. The molecule has 1 N–H and O–H groups in total. The molecule has 1 saturated carbocycles. The first-order chi connectivity index (χ1) is 9.12. The highest BCUT2D eigenvalue weighted by atomic mass is 35.5. The summed E-state index contributed by atoms with van der Waals surface area (Å²) in [5.74, 6) is 0.923. The Morgan fingerprint density at radius 3 is 2.20 bits per heavy atom. The van der Waals surface area contributed by atoms with Gasteiger partial charge in [0.1, 0.15) is 0 Å². The van der Waals surface area contributed by atoms with Gasteiger partial charge in [-0.15, -0.1) is 12.4 Å². The van der Waals surface area contributed by atoms with Gasteiger partial charge in [-0.3, -0.25) is 0 Å². The predicted octanol–water partition coefficient (Wildman–Crippen LogP) is 5.19. The monoisotopic (exact) mass is 295 g/mol. The third kappa shape index (κ3) is 4.79. The summed E-state index contributed by atoms with van der Waals surface area (Å²) in [4.78, 5) is 0. The molecule has 0 unspecified atom stereocenters. The highest BCUT2D eigenvalue weighted by molar-refractivity contribution is 5.85. The minimum absolute atomic E-state index is 0. The summed E-state index contributed by atoms with van der Waals surface area (Å²) in [6.07, 6.45) is 6.79. The van der Waals surface area contributed by atoms with Gasteiger partial charge in [0.2, 0.25) is 0 Å². The van der Waals surface area contributed by atoms with Gasteiger partial charge in [0.25, 0.3) is 0 Å². The zero-order valence-corrected chi connectivity index (χ0v) is 14.0. The lowest BCUT2D eigenvalue weighted by molar-refractivity contribution is 0.137. The highest BCUT2D eigenvalue weighted by Crippen LogP contribution is 2.40. The van der Waals surface area contributed by atoms with Crippen LogP contribution < -0.4 is 5.32 Å². The molecule has 1 fully saturated rings. The van der Waals surface area contributed by atoms with Crippen LogP contribution in [0.3, 0.4) is 0 Å². The number of benzene rings is 1. The molecule has 1 aliphatic carbocycles. The lowest BCUT2D eigenvalue weighted by atomic mass is 9.69. The van der Waals surface area contributed by atoms with E-state index in [1.165, 1.54) is 37.7 Å². The van der Waals surface area contributed by atoms with E-state index in [1.807, 2.05) is 0 Å². The molecule has 0 aliphatic heterocycles. The lowest BCUT2D eigenvalue weighted by Gasteiger charge is -2.39. The molecule has 1 aromatic carbocycles. The fraction of sp³-hybridized carbons (Fsp3) is 0.667. The average Bonchev–Trinajstić information content (AvgIpc) is 2.47. The smallest absolute Gasteiger partial charge is 0.0208 e. The maximum atomic E-state index is 3.73. The molecule has 0 atom stereocenters. The summed E-state index contributed by atoms with van der Waals surface area (Å²) in [6.45, 7) is 8.23. The van der Waals surface area contributed by atoms with Crippen LogP contribution >= 0.6 is 12.4 Å². The number of hydrogen-bond donors (Lipinski definition) is 1. The SMILES string of the molecule is CCC(C)(C)[C@H]1CC[C@H](NCc2ccccc2)CC1.Cl. The highest BCUT2D eigenvalue weighted by Gasteiger charge is 2.31. The van der Waals surface area contributed by atoms with Crippen LogP contribution in [0.25, 0.3) is 0 Å². The Morgan fingerprint density at radius 1 is 1.05 bits per heavy atom. The van der Waals surface area contributed by atoms with Crippen LogP contribution in [0.2, 0.25) is 0 Å². The molecule has 0 aromatic heterocycles. The summed E-state index contributed by atoms with van der Waals surface area (Å²) in [5, 5.41) is 3.73. The number of hydrogen-bond acceptors (Lipinski definition) is 1. The number of halogens is 1. The molecule has 1 aromatic rings. The van der Waals surface area contributed by atoms with E-state index in [9.17, 15) is 0 Å². The van der Waals surface area contributed by atoms with Gasteiger partial charge >= 0.3 is 0 Å². The third-order valence-corrected chi connectivity index (χ3v) is 5.18. The van der Waals surface area contributed by atoms with Gasteiger partial charge < -0.3 is 5.32 Å². The molecule has 2 rings (SSSR count). The second kappa shape index (κ2) is 8.05. The van der Waals surface area contributed by atoms with Crippen LogP contribution in [0, 0.1) is 11.3 Å². The van der Waals surface area contributed by atoms with Crippen molar-refractivity contribution in [1.82, 2.24) is 5.32 Å². The van der Waals surface area contributed by atoms with E-state index in [1.54, 1.807) is 0 Å². The van der Waals surface area contributed by atoms with E-state index in [-0.39, 0.29) is 12.4 Å². The van der Waals surface area contributed by atoms with Crippen LogP contribution in [-0.4, -0.2) is 6.04 Å². The first-order valence-corrected chi connectivity index (χ1v) is 7.89. The maximum Gasteiger partial charge on any atom is 0.0208 e. The predicted molar refractivity (Wildman–Crippen MR) is 90.3 cm³/mol. The normalized spacial score (nSPS) is 23.1. The number of rotatable bonds is 5. The second-order valence-corrected chi connectivity index (χ2v) is 6.76. The summed E-state index contributed by atoms with van der Waals surface area (Å²) in [7, 11) is 0. The van der Waals surface area contributed by atoms with Crippen molar-refractivity contribution in [2.75, 3.05) is 0 Å². The average molecular weight is 296 g/mol. The molecule has 0 spiro atoms. The van der Waals surface area contributed by atoms with Crippen molar-refractivity contribution >= 4 is 12.4 Å².